The molecule has 0 aromatic heterocycles. The zero-order valence-electron chi connectivity index (χ0n) is 19.3. The molecule has 2 N–H and O–H groups in total. The standard InChI is InChI=1S/C25H38ClN3O2/c1-4-22-21(12-15-29(22)3)24(31)28-25(13-6-5-7-14-25)17-27-23(30)18(2)16-19-8-10-20(26)11-9-19/h8-11,18,21-22H,4-7,12-17H2,1-3H3,(H,27,30)(H,28,31)/t18?,21-,22+/m0/s1. The molecule has 2 amide bonds. The molecule has 1 aromatic carbocycles. The van der Waals surface area contributed by atoms with Crippen molar-refractivity contribution >= 4 is 23.4 Å². The zero-order chi connectivity index (χ0) is 22.4. The molecule has 2 aliphatic rings. The van der Waals surface area contributed by atoms with Gasteiger partial charge in [0, 0.05) is 23.5 Å². The molecule has 1 saturated carbocycles. The first-order chi connectivity index (χ1) is 14.8. The molecule has 1 saturated heterocycles. The Labute approximate surface area is 192 Å². The van der Waals surface area contributed by atoms with E-state index in [4.69, 9.17) is 11.6 Å². The summed E-state index contributed by atoms with van der Waals surface area (Å²) in [5, 5.41) is 7.28. The molecule has 3 rings (SSSR count). The molecule has 1 aliphatic heterocycles. The van der Waals surface area contributed by atoms with Gasteiger partial charge in [0.15, 0.2) is 0 Å². The molecule has 0 spiro atoms. The highest BCUT2D eigenvalue weighted by Gasteiger charge is 2.40. The fraction of sp³-hybridized carbons (Fsp3) is 0.680. The predicted molar refractivity (Wildman–Crippen MR) is 126 cm³/mol. The molecule has 1 unspecified atom stereocenters. The third-order valence-electron chi connectivity index (χ3n) is 7.28. The van der Waals surface area contributed by atoms with Crippen LogP contribution in [0.15, 0.2) is 24.3 Å². The highest BCUT2D eigenvalue weighted by Crippen LogP contribution is 2.31. The molecule has 172 valence electrons. The van der Waals surface area contributed by atoms with Gasteiger partial charge in [0.25, 0.3) is 0 Å². The van der Waals surface area contributed by atoms with Gasteiger partial charge >= 0.3 is 0 Å². The average molecular weight is 448 g/mol. The number of hydrogen-bond donors (Lipinski definition) is 2. The Morgan fingerprint density at radius 3 is 2.52 bits per heavy atom. The Morgan fingerprint density at radius 2 is 1.87 bits per heavy atom. The summed E-state index contributed by atoms with van der Waals surface area (Å²) in [6.07, 6.45) is 7.84. The lowest BCUT2D eigenvalue weighted by atomic mass is 9.80. The Balaban J connectivity index is 1.59. The second-order valence-corrected chi connectivity index (χ2v) is 10.1. The first-order valence-electron chi connectivity index (χ1n) is 11.9. The number of hydrogen-bond acceptors (Lipinski definition) is 3. The van der Waals surface area contributed by atoms with Crippen molar-refractivity contribution in [1.29, 1.82) is 0 Å². The monoisotopic (exact) mass is 447 g/mol. The highest BCUT2D eigenvalue weighted by molar-refractivity contribution is 6.30. The molecule has 5 nitrogen and oxygen atoms in total. The van der Waals surface area contributed by atoms with Crippen LogP contribution in [0.4, 0.5) is 0 Å². The first kappa shape index (κ1) is 24.1. The molecule has 1 heterocycles. The van der Waals surface area contributed by atoms with Crippen molar-refractivity contribution in [3.05, 3.63) is 34.9 Å². The quantitative estimate of drug-likeness (QED) is 0.628. The third-order valence-corrected chi connectivity index (χ3v) is 7.53. The molecular formula is C25H38ClN3O2. The van der Waals surface area contributed by atoms with Gasteiger partial charge in [0.1, 0.15) is 0 Å². The van der Waals surface area contributed by atoms with Crippen LogP contribution in [0.25, 0.3) is 0 Å². The van der Waals surface area contributed by atoms with E-state index in [-0.39, 0.29) is 29.2 Å². The van der Waals surface area contributed by atoms with Crippen molar-refractivity contribution < 1.29 is 9.59 Å². The van der Waals surface area contributed by atoms with Crippen molar-refractivity contribution in [1.82, 2.24) is 15.5 Å². The van der Waals surface area contributed by atoms with Gasteiger partial charge in [-0.2, -0.15) is 0 Å². The lowest BCUT2D eigenvalue weighted by molar-refractivity contribution is -0.129. The molecule has 6 heteroatoms. The molecule has 2 fully saturated rings. The van der Waals surface area contributed by atoms with E-state index in [1.807, 2.05) is 31.2 Å². The van der Waals surface area contributed by atoms with E-state index in [9.17, 15) is 9.59 Å². The fourth-order valence-corrected chi connectivity index (χ4v) is 5.46. The number of halogens is 1. The summed E-state index contributed by atoms with van der Waals surface area (Å²) in [6, 6.07) is 7.97. The zero-order valence-corrected chi connectivity index (χ0v) is 20.0. The lowest BCUT2D eigenvalue weighted by Gasteiger charge is -2.40. The largest absolute Gasteiger partial charge is 0.354 e. The number of benzene rings is 1. The van der Waals surface area contributed by atoms with Crippen LogP contribution in [0.1, 0.15) is 64.4 Å². The van der Waals surface area contributed by atoms with Gasteiger partial charge in [-0.1, -0.05) is 56.8 Å². The summed E-state index contributed by atoms with van der Waals surface area (Å²) in [5.41, 5.74) is 0.786. The summed E-state index contributed by atoms with van der Waals surface area (Å²) >= 11 is 5.96. The molecule has 31 heavy (non-hydrogen) atoms. The Morgan fingerprint density at radius 1 is 1.19 bits per heavy atom. The number of amides is 2. The summed E-state index contributed by atoms with van der Waals surface area (Å²) < 4.78 is 0. The average Bonchev–Trinajstić information content (AvgIpc) is 3.15. The molecule has 1 aromatic rings. The van der Waals surface area contributed by atoms with E-state index in [0.717, 1.165) is 50.6 Å². The van der Waals surface area contributed by atoms with Crippen molar-refractivity contribution in [3.8, 4) is 0 Å². The number of carbonyl (C=O) groups excluding carboxylic acids is 2. The molecule has 3 atom stereocenters. The first-order valence-corrected chi connectivity index (χ1v) is 12.3. The minimum atomic E-state index is -0.315. The third kappa shape index (κ3) is 6.23. The van der Waals surface area contributed by atoms with Crippen molar-refractivity contribution in [2.75, 3.05) is 20.1 Å². The van der Waals surface area contributed by atoms with Crippen molar-refractivity contribution in [2.45, 2.75) is 76.8 Å². The number of carbonyl (C=O) groups is 2. The molecule has 0 bridgehead atoms. The van der Waals surface area contributed by atoms with E-state index in [0.29, 0.717) is 24.0 Å². The SMILES string of the molecule is CC[C@@H]1[C@@H](C(=O)NC2(CNC(=O)C(C)Cc3ccc(Cl)cc3)CCCCC2)CCN1C. The Kier molecular flexibility index (Phi) is 8.40. The molecule has 0 radical (unpaired) electrons. The number of nitrogens with zero attached hydrogens (tertiary/aromatic N) is 1. The Hall–Kier alpha value is -1.59. The van der Waals surface area contributed by atoms with Crippen molar-refractivity contribution in [3.63, 3.8) is 0 Å². The van der Waals surface area contributed by atoms with Gasteiger partial charge in [-0.3, -0.25) is 9.59 Å². The van der Waals surface area contributed by atoms with E-state index >= 15 is 0 Å². The Bertz CT molecular complexity index is 746. The minimum Gasteiger partial charge on any atom is -0.354 e. The van der Waals surface area contributed by atoms with Crippen LogP contribution in [-0.4, -0.2) is 48.4 Å². The lowest BCUT2D eigenvalue weighted by Crippen LogP contribution is -2.58. The minimum absolute atomic E-state index is 0.0428. The van der Waals surface area contributed by atoms with E-state index in [1.165, 1.54) is 6.42 Å². The van der Waals surface area contributed by atoms with Gasteiger partial charge in [0.05, 0.1) is 11.5 Å². The summed E-state index contributed by atoms with van der Waals surface area (Å²) in [6.45, 7) is 5.60. The number of likely N-dealkylation sites (tertiary alicyclic amines) is 1. The van der Waals surface area contributed by atoms with Crippen LogP contribution in [-0.2, 0) is 16.0 Å². The van der Waals surface area contributed by atoms with Gasteiger partial charge in [-0.25, -0.2) is 0 Å². The van der Waals surface area contributed by atoms with E-state index in [2.05, 4.69) is 29.5 Å². The predicted octanol–water partition coefficient (Wildman–Crippen LogP) is 4.18. The maximum Gasteiger partial charge on any atom is 0.225 e. The summed E-state index contributed by atoms with van der Waals surface area (Å²) in [5.74, 6) is 0.126. The maximum atomic E-state index is 13.2. The maximum absolute atomic E-state index is 13.2. The number of rotatable bonds is 8. The summed E-state index contributed by atoms with van der Waals surface area (Å²) in [4.78, 5) is 28.3. The van der Waals surface area contributed by atoms with Gasteiger partial charge in [0.2, 0.25) is 11.8 Å². The fourth-order valence-electron chi connectivity index (χ4n) is 5.34. The molecule has 1 aliphatic carbocycles. The van der Waals surface area contributed by atoms with E-state index < -0.39 is 0 Å². The summed E-state index contributed by atoms with van der Waals surface area (Å²) in [7, 11) is 2.11. The highest BCUT2D eigenvalue weighted by atomic mass is 35.5. The van der Waals surface area contributed by atoms with Crippen LogP contribution in [0.2, 0.25) is 5.02 Å². The normalized spacial score (nSPS) is 24.5. The second kappa shape index (κ2) is 10.8. The van der Waals surface area contributed by atoms with E-state index in [1.54, 1.807) is 0 Å². The number of nitrogens with one attached hydrogen (secondary N) is 2. The van der Waals surface area contributed by atoms with Gasteiger partial charge in [-0.15, -0.1) is 0 Å². The molecular weight excluding hydrogens is 410 g/mol. The van der Waals surface area contributed by atoms with Crippen LogP contribution >= 0.6 is 11.6 Å². The topological polar surface area (TPSA) is 61.4 Å². The van der Waals surface area contributed by atoms with Crippen LogP contribution in [0.3, 0.4) is 0 Å². The van der Waals surface area contributed by atoms with Crippen LogP contribution < -0.4 is 10.6 Å². The van der Waals surface area contributed by atoms with Gasteiger partial charge < -0.3 is 15.5 Å². The van der Waals surface area contributed by atoms with Gasteiger partial charge in [-0.05, 0) is 63.4 Å². The van der Waals surface area contributed by atoms with Crippen molar-refractivity contribution in [2.24, 2.45) is 11.8 Å². The second-order valence-electron chi connectivity index (χ2n) is 9.63. The van der Waals surface area contributed by atoms with Crippen LogP contribution in [0, 0.1) is 11.8 Å². The van der Waals surface area contributed by atoms with Crippen LogP contribution in [0.5, 0.6) is 0 Å². The smallest absolute Gasteiger partial charge is 0.225 e.